The van der Waals surface area contributed by atoms with Crippen LogP contribution in [0.1, 0.15) is 91.4 Å². The summed E-state index contributed by atoms with van der Waals surface area (Å²) in [5.74, 6) is 0.622. The number of piperidine rings is 2. The van der Waals surface area contributed by atoms with Gasteiger partial charge in [-0.2, -0.15) is 10.5 Å². The van der Waals surface area contributed by atoms with Gasteiger partial charge in [-0.1, -0.05) is 36.4 Å². The summed E-state index contributed by atoms with van der Waals surface area (Å²) in [6, 6.07) is 30.0. The Morgan fingerprint density at radius 1 is 0.566 bits per heavy atom. The first-order chi connectivity index (χ1) is 39.7. The molecule has 436 valence electrons. The lowest BCUT2D eigenvalue weighted by Crippen LogP contribution is -2.49. The number of nitriles is 2. The molecule has 0 spiro atoms. The number of hydrogen-bond acceptors (Lipinski definition) is 17. The summed E-state index contributed by atoms with van der Waals surface area (Å²) in [5, 5.41) is 41.8. The number of hydrogen-bond donors (Lipinski definition) is 4. The Labute approximate surface area is 486 Å². The van der Waals surface area contributed by atoms with Crippen molar-refractivity contribution < 1.29 is 31.5 Å². The lowest BCUT2D eigenvalue weighted by molar-refractivity contribution is 0.0687. The molecule has 0 aliphatic carbocycles. The van der Waals surface area contributed by atoms with E-state index in [0.717, 1.165) is 130 Å². The van der Waals surface area contributed by atoms with Crippen molar-refractivity contribution in [3.63, 3.8) is 0 Å². The van der Waals surface area contributed by atoms with E-state index in [4.69, 9.17) is 15.3 Å². The van der Waals surface area contributed by atoms with Gasteiger partial charge in [-0.05, 0) is 149 Å². The minimum absolute atomic E-state index is 0.0134. The summed E-state index contributed by atoms with van der Waals surface area (Å²) in [7, 11) is -7.62. The number of primary sulfonamides is 2. The predicted octanol–water partition coefficient (Wildman–Crippen LogP) is 5.90. The summed E-state index contributed by atoms with van der Waals surface area (Å²) in [5.41, 5.74) is 9.61. The second-order valence-electron chi connectivity index (χ2n) is 21.4. The maximum atomic E-state index is 13.6. The number of amides is 1. The number of carbonyl (C=O) groups excluding carboxylic acids is 1. The number of benzene rings is 2. The van der Waals surface area contributed by atoms with Crippen LogP contribution in [0.2, 0.25) is 0 Å². The molecule has 0 saturated carbocycles. The molecule has 0 atom stereocenters. The van der Waals surface area contributed by atoms with Crippen molar-refractivity contribution in [1.82, 2.24) is 30.2 Å². The van der Waals surface area contributed by atoms with E-state index >= 15 is 0 Å². The van der Waals surface area contributed by atoms with Gasteiger partial charge < -0.3 is 34.9 Å². The fraction of sp³-hybridized carbons (Fsp3) is 0.400. The van der Waals surface area contributed by atoms with Crippen molar-refractivity contribution in [2.45, 2.75) is 76.0 Å². The lowest BCUT2D eigenvalue weighted by Gasteiger charge is -2.36. The van der Waals surface area contributed by atoms with Crippen molar-refractivity contribution in [3.8, 4) is 12.1 Å². The number of pyridine rings is 4. The van der Waals surface area contributed by atoms with Gasteiger partial charge in [0, 0.05) is 102 Å². The van der Waals surface area contributed by atoms with Gasteiger partial charge in [-0.3, -0.25) is 4.79 Å². The number of piperazine rings is 2. The number of aromatic nitrogens is 4. The number of carboxylic acids is 1. The van der Waals surface area contributed by atoms with Gasteiger partial charge in [0.25, 0.3) is 5.91 Å². The Balaban J connectivity index is 0.000000182. The first kappa shape index (κ1) is 61.0. The third-order valence-electron chi connectivity index (χ3n) is 15.7. The number of anilines is 4. The molecule has 23 heteroatoms. The molecule has 0 radical (unpaired) electrons. The SMILES string of the molecule is Cc1cc(C)c(C(=O)N2CCN(c3ncccc3S(N)(=O)=O)CC2)nc1CC1CCN(c2ccccc2C#N)CC1.Cc1cc(C)c(C(=O)O)nc1CC1CCN(c2ccccc2C#N)CC1.NS(=O)(=O)c1cccnc1N1CCNCC1. The van der Waals surface area contributed by atoms with E-state index < -0.39 is 26.0 Å². The Bertz CT molecular complexity index is 3620. The molecule has 10 rings (SSSR count). The van der Waals surface area contributed by atoms with Crippen LogP contribution in [0, 0.1) is 62.2 Å². The molecule has 4 fully saturated rings. The normalized spacial score (nSPS) is 16.2. The minimum Gasteiger partial charge on any atom is -0.477 e. The van der Waals surface area contributed by atoms with Crippen LogP contribution in [0.5, 0.6) is 0 Å². The average molecular weight is 1170 g/mol. The highest BCUT2D eigenvalue weighted by molar-refractivity contribution is 7.89. The topological polar surface area (TPSA) is 302 Å². The number of nitrogens with zero attached hydrogens (tertiary/aromatic N) is 11. The highest BCUT2D eigenvalue weighted by atomic mass is 32.2. The van der Waals surface area contributed by atoms with Gasteiger partial charge in [0.05, 0.1) is 22.5 Å². The first-order valence-electron chi connectivity index (χ1n) is 27.8. The molecule has 21 nitrogen and oxygen atoms in total. The van der Waals surface area contributed by atoms with Crippen LogP contribution in [0.15, 0.2) is 107 Å². The molecule has 4 aliphatic heterocycles. The lowest BCUT2D eigenvalue weighted by atomic mass is 9.90. The maximum Gasteiger partial charge on any atom is 0.354 e. The number of sulfonamides is 2. The Morgan fingerprint density at radius 2 is 0.976 bits per heavy atom. The Morgan fingerprint density at radius 3 is 1.40 bits per heavy atom. The van der Waals surface area contributed by atoms with Crippen molar-refractivity contribution in [2.24, 2.45) is 22.1 Å². The average Bonchev–Trinajstić information content (AvgIpc) is 3.56. The molecule has 4 aromatic heterocycles. The van der Waals surface area contributed by atoms with Crippen molar-refractivity contribution >= 4 is 54.9 Å². The molecule has 83 heavy (non-hydrogen) atoms. The van der Waals surface area contributed by atoms with Crippen LogP contribution in [0.3, 0.4) is 0 Å². The van der Waals surface area contributed by atoms with Gasteiger partial charge in [-0.25, -0.2) is 51.8 Å². The van der Waals surface area contributed by atoms with E-state index in [1.807, 2.05) is 78.2 Å². The van der Waals surface area contributed by atoms with Gasteiger partial charge in [-0.15, -0.1) is 0 Å². The summed E-state index contributed by atoms with van der Waals surface area (Å²) >= 11 is 0. The molecule has 6 aromatic rings. The zero-order valence-electron chi connectivity index (χ0n) is 47.4. The number of aryl methyl sites for hydroxylation is 4. The smallest absolute Gasteiger partial charge is 0.354 e. The fourth-order valence-electron chi connectivity index (χ4n) is 11.2. The largest absolute Gasteiger partial charge is 0.477 e. The summed E-state index contributed by atoms with van der Waals surface area (Å²) in [6.45, 7) is 16.2. The number of carboxylic acid groups (broad SMARTS) is 1. The minimum atomic E-state index is -3.91. The first-order valence-corrected chi connectivity index (χ1v) is 30.9. The van der Waals surface area contributed by atoms with Gasteiger partial charge >= 0.3 is 5.97 Å². The molecule has 0 bridgehead atoms. The number of para-hydroxylation sites is 2. The van der Waals surface area contributed by atoms with Crippen molar-refractivity contribution in [3.05, 3.63) is 153 Å². The highest BCUT2D eigenvalue weighted by Crippen LogP contribution is 2.31. The zero-order chi connectivity index (χ0) is 59.4. The van der Waals surface area contributed by atoms with E-state index in [0.29, 0.717) is 72.0 Å². The molecule has 4 aliphatic rings. The summed E-state index contributed by atoms with van der Waals surface area (Å²) in [6.07, 6.45) is 8.74. The second-order valence-corrected chi connectivity index (χ2v) is 24.5. The predicted molar refractivity (Wildman–Crippen MR) is 318 cm³/mol. The number of nitrogens with one attached hydrogen (secondary N) is 1. The molecule has 8 heterocycles. The van der Waals surface area contributed by atoms with Gasteiger partial charge in [0.1, 0.15) is 39.3 Å². The zero-order valence-corrected chi connectivity index (χ0v) is 49.0. The molecule has 0 unspecified atom stereocenters. The number of aromatic carboxylic acids is 1. The quantitative estimate of drug-likeness (QED) is 0.111. The van der Waals surface area contributed by atoms with Gasteiger partial charge in [0.15, 0.2) is 5.69 Å². The maximum absolute atomic E-state index is 13.6. The van der Waals surface area contributed by atoms with Gasteiger partial charge in [0.2, 0.25) is 20.0 Å². The van der Waals surface area contributed by atoms with E-state index in [1.54, 1.807) is 30.2 Å². The number of rotatable bonds is 12. The van der Waals surface area contributed by atoms with E-state index in [1.165, 1.54) is 18.3 Å². The van der Waals surface area contributed by atoms with Crippen LogP contribution >= 0.6 is 0 Å². The van der Waals surface area contributed by atoms with Crippen LogP contribution in [-0.2, 0) is 32.9 Å². The number of carbonyl (C=O) groups is 2. The van der Waals surface area contributed by atoms with Crippen LogP contribution in [-0.4, -0.2) is 137 Å². The van der Waals surface area contributed by atoms with Crippen molar-refractivity contribution in [2.75, 3.05) is 98.1 Å². The molecule has 1 amide bonds. The van der Waals surface area contributed by atoms with Crippen LogP contribution in [0.4, 0.5) is 23.0 Å². The third-order valence-corrected chi connectivity index (χ3v) is 17.6. The number of nitrogens with two attached hydrogens (primary N) is 2. The van der Waals surface area contributed by atoms with E-state index in [2.05, 4.69) is 55.2 Å². The monoisotopic (exact) mass is 1160 g/mol. The van der Waals surface area contributed by atoms with Crippen molar-refractivity contribution in [1.29, 1.82) is 10.5 Å². The Hall–Kier alpha value is -8.06. The standard InChI is InChI=1S/C30H35N7O3S.C21H23N3O2.C9H14N4O2S/c1-21-18-22(2)28(30(38)37-16-14-36(15-17-37)29-27(41(32,39)40)8-5-11-33-29)34-25(21)19-23-9-12-35(13-10-23)26-7-4-3-6-24(26)20-31;1-14-11-15(2)20(21(25)26)23-18(14)12-16-7-9-24(10-8-16)19-6-4-3-5-17(19)13-22;10-16(14,15)8-2-1-3-12-9(8)13-6-4-11-5-7-13/h3-8,11,18,23H,9-10,12-17,19H2,1-2H3,(H2,32,39,40);3-6,11,16H,7-10,12H2,1-2H3,(H,25,26);1-3,11H,4-7H2,(H2,10,14,15). The molecule has 2 aromatic carbocycles. The fourth-order valence-corrected chi connectivity index (χ4v) is 12.7. The Kier molecular flexibility index (Phi) is 20.1. The van der Waals surface area contributed by atoms with Crippen LogP contribution in [0.25, 0.3) is 0 Å². The molecular weight excluding hydrogens is 1090 g/mol. The molecular formula is C60H72N14O7S2. The van der Waals surface area contributed by atoms with E-state index in [-0.39, 0.29) is 21.4 Å². The third kappa shape index (κ3) is 15.3. The summed E-state index contributed by atoms with van der Waals surface area (Å²) in [4.78, 5) is 52.8. The second kappa shape index (κ2) is 27.3. The molecule has 6 N–H and O–H groups in total. The summed E-state index contributed by atoms with van der Waals surface area (Å²) < 4.78 is 46.8. The molecule has 4 saturated heterocycles. The van der Waals surface area contributed by atoms with E-state index in [9.17, 15) is 42.1 Å². The highest BCUT2D eigenvalue weighted by Gasteiger charge is 2.30. The van der Waals surface area contributed by atoms with Crippen LogP contribution < -0.4 is 35.2 Å².